The van der Waals surface area contributed by atoms with Crippen LogP contribution in [0.3, 0.4) is 0 Å². The molecule has 0 saturated carbocycles. The highest BCUT2D eigenvalue weighted by Gasteiger charge is 2.35. The molecule has 3 heterocycles. The molecule has 0 unspecified atom stereocenters. The monoisotopic (exact) mass is 349 g/mol. The van der Waals surface area contributed by atoms with Gasteiger partial charge in [0.15, 0.2) is 0 Å². The number of anilines is 3. The second-order valence-electron chi connectivity index (χ2n) is 5.59. The molecule has 1 aliphatic rings. The Labute approximate surface area is 140 Å². The van der Waals surface area contributed by atoms with Crippen LogP contribution in [0.4, 0.5) is 30.6 Å². The lowest BCUT2D eigenvalue weighted by Gasteiger charge is -2.12. The van der Waals surface area contributed by atoms with Crippen molar-refractivity contribution in [1.29, 1.82) is 0 Å². The van der Waals surface area contributed by atoms with E-state index in [0.29, 0.717) is 12.3 Å². The minimum atomic E-state index is -4.49. The van der Waals surface area contributed by atoms with E-state index in [2.05, 4.69) is 25.6 Å². The van der Waals surface area contributed by atoms with Crippen LogP contribution in [0, 0.1) is 0 Å². The van der Waals surface area contributed by atoms with Crippen LogP contribution in [0.1, 0.15) is 11.1 Å². The fourth-order valence-electron chi connectivity index (χ4n) is 2.93. The summed E-state index contributed by atoms with van der Waals surface area (Å²) in [6, 6.07) is 5.66. The number of halogens is 3. The van der Waals surface area contributed by atoms with Gasteiger partial charge >= 0.3 is 6.18 Å². The second-order valence-corrected chi connectivity index (χ2v) is 5.59. The summed E-state index contributed by atoms with van der Waals surface area (Å²) in [4.78, 5) is 10.9. The summed E-state index contributed by atoms with van der Waals surface area (Å²) < 4.78 is 45.0. The Morgan fingerprint density at radius 3 is 2.84 bits per heavy atom. The molecule has 0 atom stereocenters. The quantitative estimate of drug-likeness (QED) is 0.672. The molecule has 0 saturated heterocycles. The van der Waals surface area contributed by atoms with Gasteiger partial charge in [-0.05, 0) is 11.6 Å². The Morgan fingerprint density at radius 2 is 2.08 bits per heavy atom. The lowest BCUT2D eigenvalue weighted by Crippen LogP contribution is -2.07. The summed E-state index contributed by atoms with van der Waals surface area (Å²) in [6.07, 6.45) is -2.78. The van der Waals surface area contributed by atoms with Gasteiger partial charge in [-0.2, -0.15) is 23.1 Å². The fourth-order valence-corrected chi connectivity index (χ4v) is 2.93. The molecule has 2 aromatic heterocycles. The molecule has 6 nitrogen and oxygen atoms in total. The van der Waals surface area contributed by atoms with E-state index in [1.54, 1.807) is 0 Å². The van der Waals surface area contributed by atoms with Crippen molar-refractivity contribution in [3.8, 4) is 5.75 Å². The Balaban J connectivity index is 1.78. The number of aromatic amines is 1. The van der Waals surface area contributed by atoms with Crippen LogP contribution >= 0.6 is 0 Å². The van der Waals surface area contributed by atoms with E-state index in [-0.39, 0.29) is 22.8 Å². The number of alkyl halides is 3. The molecule has 9 heteroatoms. The number of para-hydroxylation sites is 1. The first kappa shape index (κ1) is 15.6. The molecule has 0 radical (unpaired) electrons. The number of nitrogens with zero attached hydrogens (tertiary/aromatic N) is 2. The minimum absolute atomic E-state index is 0.0879. The van der Waals surface area contributed by atoms with Crippen LogP contribution < -0.4 is 15.4 Å². The first-order valence-corrected chi connectivity index (χ1v) is 7.63. The molecule has 25 heavy (non-hydrogen) atoms. The standard InChI is InChI=1S/C16H14F3N5O/c1-20-13-11-9(16(17,18)19)7-21-14(11)24-15(23-13)22-10-4-2-3-8-5-6-25-12(8)10/h2-4,7H,5-6H2,1H3,(H3,20,21,22,23,24). The van der Waals surface area contributed by atoms with Gasteiger partial charge in [0, 0.05) is 19.7 Å². The third-order valence-electron chi connectivity index (χ3n) is 4.03. The average molecular weight is 349 g/mol. The van der Waals surface area contributed by atoms with Gasteiger partial charge in [-0.15, -0.1) is 0 Å². The van der Waals surface area contributed by atoms with Crippen LogP contribution in [0.2, 0.25) is 0 Å². The Kier molecular flexibility index (Phi) is 3.45. The normalized spacial score (nSPS) is 13.6. The van der Waals surface area contributed by atoms with Crippen LogP contribution in [0.25, 0.3) is 11.0 Å². The Morgan fingerprint density at radius 1 is 1.24 bits per heavy atom. The van der Waals surface area contributed by atoms with Crippen molar-refractivity contribution in [3.05, 3.63) is 35.5 Å². The van der Waals surface area contributed by atoms with Crippen LogP contribution in [0.15, 0.2) is 24.4 Å². The van der Waals surface area contributed by atoms with E-state index < -0.39 is 11.7 Å². The van der Waals surface area contributed by atoms with Gasteiger partial charge in [-0.25, -0.2) is 0 Å². The first-order valence-electron chi connectivity index (χ1n) is 7.63. The maximum absolute atomic E-state index is 13.1. The SMILES string of the molecule is CNc1nc(Nc2cccc3c2OCC3)nc2[nH]cc(C(F)(F)F)c12. The number of rotatable bonds is 3. The number of benzene rings is 1. The average Bonchev–Trinajstić information content (AvgIpc) is 3.20. The zero-order chi connectivity index (χ0) is 17.6. The number of nitrogens with one attached hydrogen (secondary N) is 3. The second kappa shape index (κ2) is 5.54. The molecular formula is C16H14F3N5O. The highest BCUT2D eigenvalue weighted by atomic mass is 19.4. The fraction of sp³-hybridized carbons (Fsp3) is 0.250. The highest BCUT2D eigenvalue weighted by molar-refractivity contribution is 5.92. The molecule has 1 aliphatic heterocycles. The highest BCUT2D eigenvalue weighted by Crippen LogP contribution is 2.39. The minimum Gasteiger partial charge on any atom is -0.491 e. The summed E-state index contributed by atoms with van der Waals surface area (Å²) in [7, 11) is 1.52. The molecule has 130 valence electrons. The number of H-pyrrole nitrogens is 1. The van der Waals surface area contributed by atoms with Gasteiger partial charge in [0.1, 0.15) is 17.2 Å². The van der Waals surface area contributed by atoms with Crippen molar-refractivity contribution in [3.63, 3.8) is 0 Å². The zero-order valence-corrected chi connectivity index (χ0v) is 13.2. The van der Waals surface area contributed by atoms with E-state index in [4.69, 9.17) is 4.74 Å². The largest absolute Gasteiger partial charge is 0.491 e. The topological polar surface area (TPSA) is 74.9 Å². The summed E-state index contributed by atoms with van der Waals surface area (Å²) in [5.74, 6) is 0.991. The molecule has 0 aliphatic carbocycles. The molecule has 0 amide bonds. The predicted molar refractivity (Wildman–Crippen MR) is 87.4 cm³/mol. The molecule has 4 rings (SSSR count). The van der Waals surface area contributed by atoms with Gasteiger partial charge in [0.2, 0.25) is 5.95 Å². The van der Waals surface area contributed by atoms with E-state index in [0.717, 1.165) is 23.9 Å². The van der Waals surface area contributed by atoms with Crippen LogP contribution in [0.5, 0.6) is 5.75 Å². The number of hydrogen-bond acceptors (Lipinski definition) is 5. The number of aromatic nitrogens is 3. The van der Waals surface area contributed by atoms with Crippen LogP contribution in [-0.2, 0) is 12.6 Å². The molecule has 3 aromatic rings. The Bertz CT molecular complexity index is 951. The zero-order valence-electron chi connectivity index (χ0n) is 13.2. The molecule has 0 bridgehead atoms. The van der Waals surface area contributed by atoms with E-state index >= 15 is 0 Å². The summed E-state index contributed by atoms with van der Waals surface area (Å²) in [5.41, 5.74) is 1.04. The van der Waals surface area contributed by atoms with Crippen LogP contribution in [-0.4, -0.2) is 28.6 Å². The summed E-state index contributed by atoms with van der Waals surface area (Å²) >= 11 is 0. The van der Waals surface area contributed by atoms with E-state index in [1.807, 2.05) is 18.2 Å². The summed E-state index contributed by atoms with van der Waals surface area (Å²) in [5, 5.41) is 5.65. The third kappa shape index (κ3) is 2.61. The van der Waals surface area contributed by atoms with E-state index in [9.17, 15) is 13.2 Å². The third-order valence-corrected chi connectivity index (χ3v) is 4.03. The number of ether oxygens (including phenoxy) is 1. The molecule has 1 aromatic carbocycles. The van der Waals surface area contributed by atoms with Gasteiger partial charge in [-0.3, -0.25) is 0 Å². The maximum atomic E-state index is 13.1. The van der Waals surface area contributed by atoms with Gasteiger partial charge in [0.25, 0.3) is 0 Å². The predicted octanol–water partition coefficient (Wildman–Crippen LogP) is 3.70. The van der Waals surface area contributed by atoms with Gasteiger partial charge < -0.3 is 20.4 Å². The van der Waals surface area contributed by atoms with Crippen molar-refractivity contribution in [1.82, 2.24) is 15.0 Å². The smallest absolute Gasteiger partial charge is 0.418 e. The molecule has 0 fully saturated rings. The summed E-state index contributed by atoms with van der Waals surface area (Å²) in [6.45, 7) is 0.598. The number of fused-ring (bicyclic) bond motifs is 2. The van der Waals surface area contributed by atoms with Gasteiger partial charge in [-0.1, -0.05) is 12.1 Å². The van der Waals surface area contributed by atoms with Crippen molar-refractivity contribution in [2.24, 2.45) is 0 Å². The molecule has 3 N–H and O–H groups in total. The van der Waals surface area contributed by atoms with Crippen molar-refractivity contribution >= 4 is 28.5 Å². The van der Waals surface area contributed by atoms with Crippen molar-refractivity contribution < 1.29 is 17.9 Å². The van der Waals surface area contributed by atoms with Gasteiger partial charge in [0.05, 0.1) is 23.2 Å². The van der Waals surface area contributed by atoms with Crippen molar-refractivity contribution in [2.75, 3.05) is 24.3 Å². The molecular weight excluding hydrogens is 335 g/mol. The Hall–Kier alpha value is -2.97. The lowest BCUT2D eigenvalue weighted by molar-refractivity contribution is -0.136. The van der Waals surface area contributed by atoms with Crippen molar-refractivity contribution in [2.45, 2.75) is 12.6 Å². The maximum Gasteiger partial charge on any atom is 0.418 e. The van der Waals surface area contributed by atoms with E-state index in [1.165, 1.54) is 7.05 Å². The molecule has 0 spiro atoms. The number of hydrogen-bond donors (Lipinski definition) is 3. The lowest BCUT2D eigenvalue weighted by atomic mass is 10.1. The first-order chi connectivity index (χ1) is 12.0.